The summed E-state index contributed by atoms with van der Waals surface area (Å²) in [5.41, 5.74) is 10.2. The average Bonchev–Trinajstić information content (AvgIpc) is 2.96. The van der Waals surface area contributed by atoms with E-state index in [1.54, 1.807) is 0 Å². The topological polar surface area (TPSA) is 0 Å². The molecule has 7 aromatic carbocycles. The van der Waals surface area contributed by atoms with Gasteiger partial charge in [0.25, 0.3) is 0 Å². The lowest BCUT2D eigenvalue weighted by Gasteiger charge is -2.24. The number of halogens is 1. The van der Waals surface area contributed by atoms with Gasteiger partial charge in [-0.05, 0) is 101 Å². The van der Waals surface area contributed by atoms with Gasteiger partial charge in [0.15, 0.2) is 0 Å². The zero-order valence-electron chi connectivity index (χ0n) is 20.0. The molecule has 0 saturated heterocycles. The van der Waals surface area contributed by atoms with E-state index in [-0.39, 0.29) is 0 Å². The fourth-order valence-electron chi connectivity index (χ4n) is 6.28. The van der Waals surface area contributed by atoms with E-state index < -0.39 is 0 Å². The molecule has 1 heteroatoms. The van der Waals surface area contributed by atoms with Crippen LogP contribution in [0.3, 0.4) is 0 Å². The lowest BCUT2D eigenvalue weighted by molar-refractivity contribution is 1.52. The van der Waals surface area contributed by atoms with E-state index in [0.717, 1.165) is 4.47 Å². The van der Waals surface area contributed by atoms with Gasteiger partial charge in [-0.15, -0.1) is 0 Å². The van der Waals surface area contributed by atoms with Crippen LogP contribution in [0.5, 0.6) is 0 Å². The average molecular weight is 533 g/mol. The first kappa shape index (κ1) is 20.9. The maximum absolute atomic E-state index is 3.76. The molecule has 0 fully saturated rings. The van der Waals surface area contributed by atoms with Gasteiger partial charge in [-0.2, -0.15) is 0 Å². The van der Waals surface area contributed by atoms with Crippen LogP contribution in [-0.2, 0) is 0 Å². The number of benzene rings is 7. The van der Waals surface area contributed by atoms with Crippen molar-refractivity contribution in [3.8, 4) is 44.5 Å². The number of hydrogen-bond acceptors (Lipinski definition) is 0. The maximum Gasteiger partial charge on any atom is 0.0181 e. The second-order valence-corrected chi connectivity index (χ2v) is 10.7. The van der Waals surface area contributed by atoms with Gasteiger partial charge in [-0.3, -0.25) is 0 Å². The highest BCUT2D eigenvalue weighted by molar-refractivity contribution is 9.10. The molecule has 0 unspecified atom stereocenters. The van der Waals surface area contributed by atoms with Crippen molar-refractivity contribution in [3.05, 3.63) is 132 Å². The lowest BCUT2D eigenvalue weighted by atomic mass is 9.79. The van der Waals surface area contributed by atoms with Crippen molar-refractivity contribution in [1.29, 1.82) is 0 Å². The molecule has 0 aromatic heterocycles. The van der Waals surface area contributed by atoms with E-state index in [1.165, 1.54) is 76.8 Å². The molecular formula is C36H21Br. The Hall–Kier alpha value is -4.20. The molecule has 0 radical (unpaired) electrons. The van der Waals surface area contributed by atoms with Crippen molar-refractivity contribution in [1.82, 2.24) is 0 Å². The molecule has 37 heavy (non-hydrogen) atoms. The van der Waals surface area contributed by atoms with Crippen molar-refractivity contribution in [3.63, 3.8) is 0 Å². The first-order chi connectivity index (χ1) is 18.3. The SMILES string of the molecule is Brc1ccc2c(c1)-c1ccccc1-c1ccccc1-c1cc3c4ccccc4c4ccccc4c3cc1-2. The smallest absolute Gasteiger partial charge is 0.0181 e. The van der Waals surface area contributed by atoms with Crippen LogP contribution in [0.25, 0.3) is 76.8 Å². The molecule has 0 aliphatic heterocycles. The van der Waals surface area contributed by atoms with E-state index in [9.17, 15) is 0 Å². The Labute approximate surface area is 224 Å². The fourth-order valence-corrected chi connectivity index (χ4v) is 6.64. The van der Waals surface area contributed by atoms with Gasteiger partial charge in [0.2, 0.25) is 0 Å². The minimum absolute atomic E-state index is 1.09. The number of hydrogen-bond donors (Lipinski definition) is 0. The number of fused-ring (bicyclic) bond motifs is 14. The molecule has 0 heterocycles. The van der Waals surface area contributed by atoms with E-state index in [2.05, 4.69) is 143 Å². The zero-order chi connectivity index (χ0) is 24.5. The highest BCUT2D eigenvalue weighted by Gasteiger charge is 2.23. The van der Waals surface area contributed by atoms with Crippen LogP contribution in [0, 0.1) is 0 Å². The highest BCUT2D eigenvalue weighted by Crippen LogP contribution is 2.50. The molecule has 0 nitrogen and oxygen atoms in total. The van der Waals surface area contributed by atoms with Gasteiger partial charge in [0.1, 0.15) is 0 Å². The zero-order valence-corrected chi connectivity index (χ0v) is 21.6. The summed E-state index contributed by atoms with van der Waals surface area (Å²) in [5.74, 6) is 0. The summed E-state index contributed by atoms with van der Waals surface area (Å²) in [4.78, 5) is 0. The van der Waals surface area contributed by atoms with Crippen molar-refractivity contribution >= 4 is 48.2 Å². The van der Waals surface area contributed by atoms with Crippen LogP contribution in [0.4, 0.5) is 0 Å². The Balaban J connectivity index is 1.63. The van der Waals surface area contributed by atoms with Crippen LogP contribution in [-0.4, -0.2) is 0 Å². The third-order valence-corrected chi connectivity index (χ3v) is 8.37. The predicted octanol–water partition coefficient (Wildman–Crippen LogP) is 10.9. The molecule has 1 aliphatic rings. The monoisotopic (exact) mass is 532 g/mol. The summed E-state index contributed by atoms with van der Waals surface area (Å²) in [5, 5.41) is 7.81. The van der Waals surface area contributed by atoms with Crippen LogP contribution < -0.4 is 0 Å². The van der Waals surface area contributed by atoms with Crippen LogP contribution in [0.2, 0.25) is 0 Å². The largest absolute Gasteiger partial charge is 0.0616 e. The summed E-state index contributed by atoms with van der Waals surface area (Å²) in [6.45, 7) is 0. The second kappa shape index (κ2) is 7.90. The van der Waals surface area contributed by atoms with E-state index in [1.807, 2.05) is 0 Å². The van der Waals surface area contributed by atoms with Crippen molar-refractivity contribution in [2.45, 2.75) is 0 Å². The van der Waals surface area contributed by atoms with Gasteiger partial charge >= 0.3 is 0 Å². The minimum atomic E-state index is 1.09. The second-order valence-electron chi connectivity index (χ2n) is 9.82. The molecule has 0 bridgehead atoms. The quantitative estimate of drug-likeness (QED) is 0.170. The fraction of sp³-hybridized carbons (Fsp3) is 0. The van der Waals surface area contributed by atoms with Crippen LogP contribution in [0.15, 0.2) is 132 Å². The predicted molar refractivity (Wildman–Crippen MR) is 162 cm³/mol. The molecule has 0 saturated carbocycles. The van der Waals surface area contributed by atoms with Crippen LogP contribution >= 0.6 is 15.9 Å². The lowest BCUT2D eigenvalue weighted by Crippen LogP contribution is -1.98. The van der Waals surface area contributed by atoms with Gasteiger partial charge in [0, 0.05) is 4.47 Å². The molecule has 0 atom stereocenters. The third kappa shape index (κ3) is 3.01. The molecule has 0 N–H and O–H groups in total. The Bertz CT molecular complexity index is 2050. The summed E-state index contributed by atoms with van der Waals surface area (Å²) >= 11 is 3.76. The standard InChI is InChI=1S/C36H21Br/c37-22-17-18-31-32(19-22)27-13-5-1-9-23(27)24-10-2-8-16-30(24)35-20-33-28-14-6-3-11-25(28)26-12-4-7-15-29(26)34(33)21-36(31)35/h1-21H. The van der Waals surface area contributed by atoms with Gasteiger partial charge in [-0.1, -0.05) is 119 Å². The third-order valence-electron chi connectivity index (χ3n) is 7.88. The molecule has 8 rings (SSSR count). The van der Waals surface area contributed by atoms with E-state index in [4.69, 9.17) is 0 Å². The Morgan fingerprint density at radius 3 is 1.05 bits per heavy atom. The Kier molecular flexibility index (Phi) is 4.47. The van der Waals surface area contributed by atoms with E-state index in [0.29, 0.717) is 0 Å². The summed E-state index contributed by atoms with van der Waals surface area (Å²) < 4.78 is 1.09. The maximum atomic E-state index is 3.76. The first-order valence-electron chi connectivity index (χ1n) is 12.6. The number of rotatable bonds is 0. The highest BCUT2D eigenvalue weighted by atomic mass is 79.9. The molecule has 7 aromatic rings. The normalized spacial score (nSPS) is 11.9. The molecule has 1 aliphatic carbocycles. The summed E-state index contributed by atoms with van der Waals surface area (Å²) in [6.07, 6.45) is 0. The van der Waals surface area contributed by atoms with Crippen molar-refractivity contribution < 1.29 is 0 Å². The molecule has 0 amide bonds. The van der Waals surface area contributed by atoms with Crippen LogP contribution in [0.1, 0.15) is 0 Å². The van der Waals surface area contributed by atoms with E-state index >= 15 is 0 Å². The summed E-state index contributed by atoms with van der Waals surface area (Å²) in [6, 6.07) is 46.9. The molecule has 172 valence electrons. The van der Waals surface area contributed by atoms with Crippen molar-refractivity contribution in [2.75, 3.05) is 0 Å². The molecule has 0 spiro atoms. The first-order valence-corrected chi connectivity index (χ1v) is 13.4. The Morgan fingerprint density at radius 2 is 0.595 bits per heavy atom. The minimum Gasteiger partial charge on any atom is -0.0616 e. The summed E-state index contributed by atoms with van der Waals surface area (Å²) in [7, 11) is 0. The van der Waals surface area contributed by atoms with Gasteiger partial charge < -0.3 is 0 Å². The van der Waals surface area contributed by atoms with Gasteiger partial charge in [-0.25, -0.2) is 0 Å². The van der Waals surface area contributed by atoms with Gasteiger partial charge in [0.05, 0.1) is 0 Å². The van der Waals surface area contributed by atoms with Crippen molar-refractivity contribution in [2.24, 2.45) is 0 Å². The Morgan fingerprint density at radius 1 is 0.270 bits per heavy atom. The molecular weight excluding hydrogens is 512 g/mol.